The van der Waals surface area contributed by atoms with E-state index < -0.39 is 5.97 Å². The molecular weight excluding hydrogens is 348 g/mol. The second-order valence-electron chi connectivity index (χ2n) is 5.80. The number of aromatic nitrogens is 2. The van der Waals surface area contributed by atoms with E-state index in [4.69, 9.17) is 9.84 Å². The van der Waals surface area contributed by atoms with Gasteiger partial charge >= 0.3 is 5.97 Å². The van der Waals surface area contributed by atoms with Crippen LogP contribution in [0.4, 0.5) is 0 Å². The van der Waals surface area contributed by atoms with Gasteiger partial charge in [-0.15, -0.1) is 0 Å². The van der Waals surface area contributed by atoms with Crippen LogP contribution in [-0.2, 0) is 0 Å². The van der Waals surface area contributed by atoms with E-state index in [0.29, 0.717) is 34.2 Å². The number of phenolic OH excluding ortho intramolecular Hbond substituents is 1. The minimum absolute atomic E-state index is 0.0146. The summed E-state index contributed by atoms with van der Waals surface area (Å²) in [6.45, 7) is 6.06. The summed E-state index contributed by atoms with van der Waals surface area (Å²) in [5, 5.41) is 22.5. The van der Waals surface area contributed by atoms with E-state index >= 15 is 0 Å². The van der Waals surface area contributed by atoms with Gasteiger partial charge in [-0.05, 0) is 48.9 Å². The van der Waals surface area contributed by atoms with Gasteiger partial charge in [0.05, 0.1) is 28.4 Å². The largest absolute Gasteiger partial charge is 0.504 e. The van der Waals surface area contributed by atoms with Crippen molar-refractivity contribution in [3.63, 3.8) is 0 Å². The Bertz CT molecular complexity index is 1170. The molecule has 138 valence electrons. The van der Waals surface area contributed by atoms with Gasteiger partial charge in [-0.1, -0.05) is 18.7 Å². The molecule has 0 spiro atoms. The Balaban J connectivity index is 2.12. The van der Waals surface area contributed by atoms with Crippen LogP contribution in [0.15, 0.2) is 47.3 Å². The Morgan fingerprint density at radius 1 is 1.30 bits per heavy atom. The van der Waals surface area contributed by atoms with Crippen LogP contribution >= 0.6 is 0 Å². The maximum atomic E-state index is 12.8. The number of hydrogen-bond acceptors (Lipinski definition) is 4. The first-order valence-corrected chi connectivity index (χ1v) is 8.22. The van der Waals surface area contributed by atoms with Gasteiger partial charge in [-0.25, -0.2) is 9.48 Å². The molecule has 7 heteroatoms. The summed E-state index contributed by atoms with van der Waals surface area (Å²) in [4.78, 5) is 23.9. The highest BCUT2D eigenvalue weighted by atomic mass is 16.5. The van der Waals surface area contributed by atoms with Crippen molar-refractivity contribution in [3.05, 3.63) is 74.5 Å². The summed E-state index contributed by atoms with van der Waals surface area (Å²) in [5.41, 5.74) is 0.757. The first-order chi connectivity index (χ1) is 12.9. The van der Waals surface area contributed by atoms with Gasteiger partial charge in [0.2, 0.25) is 0 Å². The van der Waals surface area contributed by atoms with Crippen LogP contribution in [0, 0.1) is 0 Å². The number of carboxylic acid groups (broad SMARTS) is 1. The number of hydrogen-bond donors (Lipinski definition) is 3. The summed E-state index contributed by atoms with van der Waals surface area (Å²) in [6, 6.07) is 10.8. The number of phenols is 1. The van der Waals surface area contributed by atoms with Crippen molar-refractivity contribution in [2.75, 3.05) is 6.61 Å². The number of nitrogens with one attached hydrogen (secondary N) is 1. The summed E-state index contributed by atoms with van der Waals surface area (Å²) in [7, 11) is 0. The fraction of sp³-hybridized carbons (Fsp3) is 0.100. The predicted octanol–water partition coefficient (Wildman–Crippen LogP) is 1.21. The summed E-state index contributed by atoms with van der Waals surface area (Å²) in [5.74, 6) is -0.742. The highest BCUT2D eigenvalue weighted by Gasteiger charge is 2.09. The molecule has 7 nitrogen and oxygen atoms in total. The third-order valence-corrected chi connectivity index (χ3v) is 3.95. The number of benzene rings is 2. The first kappa shape index (κ1) is 18.1. The van der Waals surface area contributed by atoms with Crippen molar-refractivity contribution in [3.8, 4) is 17.2 Å². The van der Waals surface area contributed by atoms with Gasteiger partial charge in [-0.3, -0.25) is 9.89 Å². The van der Waals surface area contributed by atoms with E-state index in [0.717, 1.165) is 0 Å². The highest BCUT2D eigenvalue weighted by molar-refractivity contribution is 5.88. The number of aromatic amines is 1. The van der Waals surface area contributed by atoms with Gasteiger partial charge in [-0.2, -0.15) is 0 Å². The SMILES string of the molecule is C=c1[nH]n(-c2cccc(C(=O)O)c2)c(=O)c1=Cc1ccc(O)c(OCC)c1. The van der Waals surface area contributed by atoms with Gasteiger partial charge in [0.1, 0.15) is 0 Å². The predicted molar refractivity (Wildman–Crippen MR) is 101 cm³/mol. The third-order valence-electron chi connectivity index (χ3n) is 3.95. The second-order valence-corrected chi connectivity index (χ2v) is 5.80. The molecule has 3 N–H and O–H groups in total. The summed E-state index contributed by atoms with van der Waals surface area (Å²) >= 11 is 0. The molecule has 1 aromatic heterocycles. The third kappa shape index (κ3) is 3.62. The molecule has 2 aromatic carbocycles. The number of ether oxygens (including phenoxy) is 1. The molecule has 0 aliphatic rings. The van der Waals surface area contributed by atoms with Crippen LogP contribution in [-0.4, -0.2) is 32.6 Å². The van der Waals surface area contributed by atoms with Crippen LogP contribution in [0.1, 0.15) is 22.8 Å². The monoisotopic (exact) mass is 366 g/mol. The van der Waals surface area contributed by atoms with Crippen molar-refractivity contribution >= 4 is 18.6 Å². The molecule has 3 aromatic rings. The van der Waals surface area contributed by atoms with Gasteiger partial charge in [0.25, 0.3) is 5.56 Å². The minimum Gasteiger partial charge on any atom is -0.504 e. The molecule has 0 aliphatic heterocycles. The first-order valence-electron chi connectivity index (χ1n) is 8.22. The van der Waals surface area contributed by atoms with Crippen LogP contribution in [0.2, 0.25) is 0 Å². The smallest absolute Gasteiger partial charge is 0.335 e. The Labute approximate surface area is 154 Å². The molecule has 0 atom stereocenters. The number of rotatable bonds is 5. The number of aromatic hydroxyl groups is 1. The maximum Gasteiger partial charge on any atom is 0.335 e. The molecule has 0 saturated carbocycles. The minimum atomic E-state index is -1.08. The lowest BCUT2D eigenvalue weighted by Gasteiger charge is -2.05. The molecule has 3 rings (SSSR count). The molecule has 0 bridgehead atoms. The topological polar surface area (TPSA) is 105 Å². The zero-order valence-electron chi connectivity index (χ0n) is 14.6. The van der Waals surface area contributed by atoms with Gasteiger partial charge < -0.3 is 14.9 Å². The van der Waals surface area contributed by atoms with Crippen molar-refractivity contribution in [1.29, 1.82) is 0 Å². The molecule has 1 heterocycles. The van der Waals surface area contributed by atoms with Crippen LogP contribution in [0.5, 0.6) is 11.5 Å². The lowest BCUT2D eigenvalue weighted by atomic mass is 10.1. The zero-order chi connectivity index (χ0) is 19.6. The number of carbonyl (C=O) groups is 1. The van der Waals surface area contributed by atoms with Crippen LogP contribution in [0.3, 0.4) is 0 Å². The van der Waals surface area contributed by atoms with Crippen LogP contribution in [0.25, 0.3) is 18.3 Å². The standard InChI is InChI=1S/C20H18N2O5/c1-3-27-18-10-13(7-8-17(18)23)9-16-12(2)21-22(19(16)24)15-6-4-5-14(11-15)20(25)26/h4-11,21,23H,2-3H2,1H3,(H,25,26). The normalized spacial score (nSPS) is 11.5. The van der Waals surface area contributed by atoms with Crippen molar-refractivity contribution < 1.29 is 19.7 Å². The van der Waals surface area contributed by atoms with Gasteiger partial charge in [0, 0.05) is 0 Å². The molecule has 0 aliphatic carbocycles. The molecule has 0 radical (unpaired) electrons. The van der Waals surface area contributed by atoms with E-state index in [1.165, 1.54) is 22.9 Å². The van der Waals surface area contributed by atoms with Crippen LogP contribution < -0.4 is 20.9 Å². The fourth-order valence-electron chi connectivity index (χ4n) is 2.66. The molecule has 0 amide bonds. The summed E-state index contributed by atoms with van der Waals surface area (Å²) < 4.78 is 6.59. The molecule has 0 unspecified atom stereocenters. The van der Waals surface area contributed by atoms with E-state index in [1.807, 2.05) is 0 Å². The van der Waals surface area contributed by atoms with E-state index in [-0.39, 0.29) is 16.9 Å². The number of aromatic carboxylic acids is 1. The Morgan fingerprint density at radius 3 is 2.78 bits per heavy atom. The van der Waals surface area contributed by atoms with E-state index in [9.17, 15) is 14.7 Å². The number of nitrogens with zero attached hydrogens (tertiary/aromatic N) is 1. The fourth-order valence-corrected chi connectivity index (χ4v) is 2.66. The molecule has 0 fully saturated rings. The summed E-state index contributed by atoms with van der Waals surface area (Å²) in [6.07, 6.45) is 1.63. The van der Waals surface area contributed by atoms with Crippen molar-refractivity contribution in [2.24, 2.45) is 0 Å². The average molecular weight is 366 g/mol. The Kier molecular flexibility index (Phi) is 4.85. The maximum absolute atomic E-state index is 12.8. The molecular formula is C20H18N2O5. The average Bonchev–Trinajstić information content (AvgIpc) is 2.93. The number of H-pyrrole nitrogens is 1. The van der Waals surface area contributed by atoms with Crippen molar-refractivity contribution in [2.45, 2.75) is 6.92 Å². The number of carboxylic acids is 1. The molecule has 0 saturated heterocycles. The highest BCUT2D eigenvalue weighted by Crippen LogP contribution is 2.26. The van der Waals surface area contributed by atoms with Gasteiger partial charge in [0.15, 0.2) is 11.5 Å². The second kappa shape index (κ2) is 7.25. The molecule has 27 heavy (non-hydrogen) atoms. The van der Waals surface area contributed by atoms with E-state index in [2.05, 4.69) is 11.7 Å². The lowest BCUT2D eigenvalue weighted by molar-refractivity contribution is 0.0697. The zero-order valence-corrected chi connectivity index (χ0v) is 14.6. The van der Waals surface area contributed by atoms with Crippen molar-refractivity contribution in [1.82, 2.24) is 9.78 Å². The lowest BCUT2D eigenvalue weighted by Crippen LogP contribution is -2.34. The quantitative estimate of drug-likeness (QED) is 0.630. The Morgan fingerprint density at radius 2 is 2.07 bits per heavy atom. The van der Waals surface area contributed by atoms with E-state index in [1.54, 1.807) is 37.3 Å². The Hall–Kier alpha value is -3.74.